The van der Waals surface area contributed by atoms with Crippen molar-refractivity contribution in [2.75, 3.05) is 0 Å². The fraction of sp³-hybridized carbons (Fsp3) is 0.519. The van der Waals surface area contributed by atoms with Crippen LogP contribution in [0.25, 0.3) is 11.1 Å². The minimum atomic E-state index is -3.71. The van der Waals surface area contributed by atoms with Crippen LogP contribution in [-0.2, 0) is 20.0 Å². The number of nitrogens with two attached hydrogens (primary N) is 1. The van der Waals surface area contributed by atoms with Crippen LogP contribution in [0.4, 0.5) is 0 Å². The molecule has 5 aliphatic carbocycles. The average Bonchev–Trinajstić information content (AvgIpc) is 3.69. The van der Waals surface area contributed by atoms with E-state index in [2.05, 4.69) is 14.5 Å². The summed E-state index contributed by atoms with van der Waals surface area (Å²) in [6, 6.07) is 9.96. The van der Waals surface area contributed by atoms with Gasteiger partial charge in [0.05, 0.1) is 15.5 Å². The summed E-state index contributed by atoms with van der Waals surface area (Å²) in [6.07, 6.45) is 8.60. The summed E-state index contributed by atoms with van der Waals surface area (Å²) in [5, 5.41) is 3.97. The first-order chi connectivity index (χ1) is 17.7. The first-order valence-electron chi connectivity index (χ1n) is 13.3. The van der Waals surface area contributed by atoms with E-state index < -0.39 is 20.0 Å². The molecule has 196 valence electrons. The Kier molecular flexibility index (Phi) is 5.38. The predicted octanol–water partition coefficient (Wildman–Crippen LogP) is 3.31. The van der Waals surface area contributed by atoms with Gasteiger partial charge in [0.25, 0.3) is 0 Å². The van der Waals surface area contributed by atoms with E-state index in [9.17, 15) is 16.8 Å². The lowest BCUT2D eigenvalue weighted by atomic mass is 9.96. The van der Waals surface area contributed by atoms with Crippen LogP contribution in [0.3, 0.4) is 0 Å². The third kappa shape index (κ3) is 3.87. The van der Waals surface area contributed by atoms with E-state index in [4.69, 9.17) is 5.84 Å². The molecule has 37 heavy (non-hydrogen) atoms. The van der Waals surface area contributed by atoms with Gasteiger partial charge in [-0.05, 0) is 97.6 Å². The van der Waals surface area contributed by atoms with Gasteiger partial charge in [-0.15, -0.1) is 0 Å². The van der Waals surface area contributed by atoms with Crippen molar-refractivity contribution in [2.45, 2.75) is 73.2 Å². The van der Waals surface area contributed by atoms with E-state index in [1.54, 1.807) is 36.4 Å². The van der Waals surface area contributed by atoms with E-state index in [1.807, 2.05) is 0 Å². The number of rotatable bonds is 6. The zero-order valence-corrected chi connectivity index (χ0v) is 22.2. The van der Waals surface area contributed by atoms with Gasteiger partial charge in [0.1, 0.15) is 0 Å². The van der Waals surface area contributed by atoms with Gasteiger partial charge in [-0.1, -0.05) is 25.0 Å². The molecule has 0 heterocycles. The molecule has 8 nitrogen and oxygen atoms in total. The maximum absolute atomic E-state index is 13.3. The van der Waals surface area contributed by atoms with Crippen molar-refractivity contribution >= 4 is 25.8 Å². The van der Waals surface area contributed by atoms with E-state index >= 15 is 0 Å². The molecule has 0 aliphatic heterocycles. The monoisotopic (exact) mass is 540 g/mol. The minimum absolute atomic E-state index is 0.00723. The number of hydrogen-bond acceptors (Lipinski definition) is 6. The van der Waals surface area contributed by atoms with E-state index in [0.29, 0.717) is 40.5 Å². The molecule has 6 unspecified atom stereocenters. The molecule has 4 saturated carbocycles. The second kappa shape index (κ2) is 8.36. The van der Waals surface area contributed by atoms with Crippen molar-refractivity contribution in [1.29, 1.82) is 0 Å². The summed E-state index contributed by atoms with van der Waals surface area (Å²) < 4.78 is 58.9. The standard InChI is InChI=1S/C27H32N4O4S2/c28-29-27-23-13-19(36(32,33)30-25-11-15-1-3-17(25)9-15)5-7-21(23)22-8-6-20(14-24(22)27)37(34,35)31-26-12-16-2-4-18(26)10-16/h5-8,13-18,25-26,30-31H,1-4,9-12,28H2. The molecule has 6 atom stereocenters. The third-order valence-corrected chi connectivity index (χ3v) is 12.6. The van der Waals surface area contributed by atoms with Gasteiger partial charge in [-0.2, -0.15) is 5.10 Å². The lowest BCUT2D eigenvalue weighted by Crippen LogP contribution is -2.38. The topological polar surface area (TPSA) is 131 Å². The number of nitrogens with zero attached hydrogens (tertiary/aromatic N) is 1. The molecule has 10 heteroatoms. The highest BCUT2D eigenvalue weighted by Gasteiger charge is 2.43. The first-order valence-corrected chi connectivity index (χ1v) is 16.3. The van der Waals surface area contributed by atoms with E-state index in [1.165, 1.54) is 12.8 Å². The van der Waals surface area contributed by atoms with Gasteiger partial charge in [0.15, 0.2) is 0 Å². The molecule has 7 rings (SSSR count). The Labute approximate surface area is 218 Å². The summed E-state index contributed by atoms with van der Waals surface area (Å²) in [4.78, 5) is 0.350. The highest BCUT2D eigenvalue weighted by Crippen LogP contribution is 2.46. The predicted molar refractivity (Wildman–Crippen MR) is 141 cm³/mol. The Balaban J connectivity index is 1.17. The largest absolute Gasteiger partial charge is 0.323 e. The van der Waals surface area contributed by atoms with Crippen molar-refractivity contribution in [3.05, 3.63) is 47.5 Å². The van der Waals surface area contributed by atoms with Gasteiger partial charge in [0, 0.05) is 23.2 Å². The molecular weight excluding hydrogens is 508 g/mol. The molecule has 5 aliphatic rings. The molecule has 4 N–H and O–H groups in total. The Hall–Kier alpha value is -2.27. The van der Waals surface area contributed by atoms with Crippen molar-refractivity contribution < 1.29 is 16.8 Å². The van der Waals surface area contributed by atoms with Gasteiger partial charge in [-0.25, -0.2) is 26.3 Å². The second-order valence-corrected chi connectivity index (χ2v) is 15.1. The second-order valence-electron chi connectivity index (χ2n) is 11.7. The lowest BCUT2D eigenvalue weighted by molar-refractivity contribution is 0.390. The van der Waals surface area contributed by atoms with Gasteiger partial charge >= 0.3 is 0 Å². The van der Waals surface area contributed by atoms with Crippen molar-refractivity contribution in [3.63, 3.8) is 0 Å². The number of hydrogen-bond donors (Lipinski definition) is 3. The molecule has 4 fully saturated rings. The molecule has 0 amide bonds. The fourth-order valence-electron chi connectivity index (χ4n) is 7.84. The maximum atomic E-state index is 13.3. The maximum Gasteiger partial charge on any atom is 0.240 e. The Morgan fingerprint density at radius 2 is 1.11 bits per heavy atom. The normalized spacial score (nSPS) is 31.6. The smallest absolute Gasteiger partial charge is 0.240 e. The molecule has 4 bridgehead atoms. The summed E-state index contributed by atoms with van der Waals surface area (Å²) in [5.74, 6) is 7.90. The molecule has 0 radical (unpaired) electrons. The van der Waals surface area contributed by atoms with E-state index in [-0.39, 0.29) is 21.9 Å². The summed E-state index contributed by atoms with van der Waals surface area (Å²) in [5.41, 5.74) is 3.19. The number of benzene rings is 2. The third-order valence-electron chi connectivity index (χ3n) is 9.62. The Bertz CT molecular complexity index is 1420. The summed E-state index contributed by atoms with van der Waals surface area (Å²) in [6.45, 7) is 0. The lowest BCUT2D eigenvalue weighted by Gasteiger charge is -2.22. The van der Waals surface area contributed by atoms with Crippen LogP contribution in [0.1, 0.15) is 62.5 Å². The summed E-state index contributed by atoms with van der Waals surface area (Å²) >= 11 is 0. The Morgan fingerprint density at radius 3 is 1.46 bits per heavy atom. The molecule has 0 saturated heterocycles. The van der Waals surface area contributed by atoms with Crippen molar-refractivity contribution in [2.24, 2.45) is 34.6 Å². The van der Waals surface area contributed by atoms with Crippen LogP contribution in [0.2, 0.25) is 0 Å². The van der Waals surface area contributed by atoms with Crippen LogP contribution in [0, 0.1) is 23.7 Å². The molecule has 2 aromatic carbocycles. The average molecular weight is 541 g/mol. The van der Waals surface area contributed by atoms with Gasteiger partial charge in [-0.3, -0.25) is 0 Å². The fourth-order valence-corrected chi connectivity index (χ4v) is 10.5. The minimum Gasteiger partial charge on any atom is -0.323 e. The van der Waals surface area contributed by atoms with Gasteiger partial charge < -0.3 is 5.84 Å². The molecule has 2 aromatic rings. The molecule has 0 aromatic heterocycles. The number of sulfonamides is 2. The quantitative estimate of drug-likeness (QED) is 0.326. The van der Waals surface area contributed by atoms with Crippen molar-refractivity contribution in [1.82, 2.24) is 9.44 Å². The first kappa shape index (κ1) is 23.8. The van der Waals surface area contributed by atoms with Crippen LogP contribution in [0.5, 0.6) is 0 Å². The Morgan fingerprint density at radius 1 is 0.649 bits per heavy atom. The SMILES string of the molecule is NN=C1c2cc(S(=O)(=O)NC3CC4CCC3C4)ccc2-c2ccc(S(=O)(=O)NC3CC4CCC3C4)cc21. The van der Waals surface area contributed by atoms with Crippen LogP contribution < -0.4 is 15.3 Å². The number of hydrazone groups is 1. The highest BCUT2D eigenvalue weighted by molar-refractivity contribution is 7.89. The van der Waals surface area contributed by atoms with Crippen LogP contribution in [-0.4, -0.2) is 34.6 Å². The zero-order valence-electron chi connectivity index (χ0n) is 20.6. The highest BCUT2D eigenvalue weighted by atomic mass is 32.2. The number of fused-ring (bicyclic) bond motifs is 7. The molecular formula is C27H32N4O4S2. The van der Waals surface area contributed by atoms with Gasteiger partial charge in [0.2, 0.25) is 20.0 Å². The summed E-state index contributed by atoms with van der Waals surface area (Å²) in [7, 11) is -7.42. The molecule has 0 spiro atoms. The van der Waals surface area contributed by atoms with Crippen LogP contribution >= 0.6 is 0 Å². The number of nitrogens with one attached hydrogen (secondary N) is 2. The zero-order chi connectivity index (χ0) is 25.5. The van der Waals surface area contributed by atoms with Crippen molar-refractivity contribution in [3.8, 4) is 11.1 Å². The van der Waals surface area contributed by atoms with E-state index in [0.717, 1.165) is 49.7 Å². The van der Waals surface area contributed by atoms with Crippen LogP contribution in [0.15, 0.2) is 51.3 Å².